The minimum Gasteiger partial charge on any atom is -0.467 e. The van der Waals surface area contributed by atoms with Crippen molar-refractivity contribution in [2.24, 2.45) is 0 Å². The summed E-state index contributed by atoms with van der Waals surface area (Å²) in [7, 11) is 1.16. The van der Waals surface area contributed by atoms with Gasteiger partial charge in [-0.3, -0.25) is 4.79 Å². The minimum atomic E-state index is -1.33. The number of carbonyl (C=O) groups is 2. The fraction of sp³-hybridized carbons (Fsp3) is 0.778. The number of aliphatic hydroxyl groups is 1. The fourth-order valence-electron chi connectivity index (χ4n) is 0.790. The molecular weight excluding hydrogens is 202 g/mol. The maximum atomic E-state index is 11.0. The van der Waals surface area contributed by atoms with E-state index in [1.807, 2.05) is 6.92 Å². The Labute approximate surface area is 88.6 Å². The van der Waals surface area contributed by atoms with Crippen LogP contribution < -0.4 is 5.32 Å². The highest BCUT2D eigenvalue weighted by Crippen LogP contribution is 1.85. The van der Waals surface area contributed by atoms with Crippen molar-refractivity contribution in [1.82, 2.24) is 5.32 Å². The zero-order valence-corrected chi connectivity index (χ0v) is 8.99. The third-order valence-electron chi connectivity index (χ3n) is 1.55. The Morgan fingerprint density at radius 1 is 1.47 bits per heavy atom. The average molecular weight is 219 g/mol. The van der Waals surface area contributed by atoms with E-state index in [1.165, 1.54) is 0 Å². The molecule has 2 N–H and O–H groups in total. The van der Waals surface area contributed by atoms with Crippen LogP contribution in [0.5, 0.6) is 0 Å². The number of ether oxygens (including phenoxy) is 2. The Hall–Kier alpha value is -1.14. The Kier molecular flexibility index (Phi) is 7.57. The molecule has 1 atom stereocenters. The molecule has 6 nitrogen and oxygen atoms in total. The Balaban J connectivity index is 3.57. The predicted octanol–water partition coefficient (Wildman–Crippen LogP) is -0.937. The fourth-order valence-corrected chi connectivity index (χ4v) is 0.790. The van der Waals surface area contributed by atoms with Crippen LogP contribution in [0.1, 0.15) is 13.3 Å². The largest absolute Gasteiger partial charge is 0.467 e. The predicted molar refractivity (Wildman–Crippen MR) is 52.1 cm³/mol. The van der Waals surface area contributed by atoms with Crippen LogP contribution in [0.15, 0.2) is 0 Å². The van der Waals surface area contributed by atoms with Crippen molar-refractivity contribution >= 4 is 11.9 Å². The average Bonchev–Trinajstić information content (AvgIpc) is 2.25. The maximum Gasteiger partial charge on any atom is 0.336 e. The molecule has 0 aromatic rings. The number of methoxy groups -OCH3 is 1. The number of rotatable bonds is 7. The summed E-state index contributed by atoms with van der Waals surface area (Å²) in [5, 5.41) is 11.4. The summed E-state index contributed by atoms with van der Waals surface area (Å²) in [5.41, 5.74) is 0. The number of hydrogen-bond donors (Lipinski definition) is 2. The summed E-state index contributed by atoms with van der Waals surface area (Å²) in [6, 6.07) is 0. The molecule has 1 amide bonds. The molecular formula is C9H17NO5. The molecule has 0 radical (unpaired) electrons. The summed E-state index contributed by atoms with van der Waals surface area (Å²) in [6.07, 6.45) is -0.497. The van der Waals surface area contributed by atoms with E-state index in [-0.39, 0.29) is 19.1 Å². The second-order valence-electron chi connectivity index (χ2n) is 2.90. The lowest BCUT2D eigenvalue weighted by Gasteiger charge is -2.09. The first-order valence-electron chi connectivity index (χ1n) is 4.72. The quantitative estimate of drug-likeness (QED) is 0.426. The molecule has 0 saturated heterocycles. The first-order valence-corrected chi connectivity index (χ1v) is 4.72. The van der Waals surface area contributed by atoms with Crippen LogP contribution in [0.3, 0.4) is 0 Å². The molecule has 0 rings (SSSR count). The monoisotopic (exact) mass is 219 g/mol. The van der Waals surface area contributed by atoms with Gasteiger partial charge in [0.1, 0.15) is 6.61 Å². The van der Waals surface area contributed by atoms with Crippen molar-refractivity contribution in [1.29, 1.82) is 0 Å². The van der Waals surface area contributed by atoms with Crippen LogP contribution in [0.4, 0.5) is 0 Å². The Bertz CT molecular complexity index is 207. The zero-order chi connectivity index (χ0) is 11.7. The van der Waals surface area contributed by atoms with Crippen molar-refractivity contribution in [3.05, 3.63) is 0 Å². The second kappa shape index (κ2) is 8.19. The molecule has 0 aliphatic carbocycles. The van der Waals surface area contributed by atoms with Gasteiger partial charge in [-0.25, -0.2) is 4.79 Å². The molecule has 0 spiro atoms. The van der Waals surface area contributed by atoms with E-state index in [4.69, 9.17) is 9.84 Å². The molecule has 0 bridgehead atoms. The molecule has 0 aromatic carbocycles. The van der Waals surface area contributed by atoms with E-state index in [1.54, 1.807) is 0 Å². The lowest BCUT2D eigenvalue weighted by molar-refractivity contribution is -0.150. The van der Waals surface area contributed by atoms with Gasteiger partial charge in [0, 0.05) is 6.61 Å². The number of hydrogen-bond acceptors (Lipinski definition) is 5. The SMILES string of the molecule is CCCOCC(=O)NCC(O)C(=O)OC. The highest BCUT2D eigenvalue weighted by atomic mass is 16.5. The van der Waals surface area contributed by atoms with Gasteiger partial charge in [-0.15, -0.1) is 0 Å². The number of esters is 1. The first kappa shape index (κ1) is 13.9. The molecule has 6 heteroatoms. The van der Waals surface area contributed by atoms with Gasteiger partial charge in [0.25, 0.3) is 0 Å². The van der Waals surface area contributed by atoms with Crippen molar-refractivity contribution in [2.45, 2.75) is 19.4 Å². The normalized spacial score (nSPS) is 11.9. The van der Waals surface area contributed by atoms with Gasteiger partial charge in [-0.05, 0) is 6.42 Å². The van der Waals surface area contributed by atoms with E-state index in [9.17, 15) is 9.59 Å². The smallest absolute Gasteiger partial charge is 0.336 e. The summed E-state index contributed by atoms with van der Waals surface area (Å²) in [5.74, 6) is -1.14. The molecule has 0 heterocycles. The molecule has 1 unspecified atom stereocenters. The van der Waals surface area contributed by atoms with Crippen LogP contribution in [0.25, 0.3) is 0 Å². The molecule has 0 saturated carbocycles. The van der Waals surface area contributed by atoms with Crippen LogP contribution in [-0.4, -0.2) is 50.0 Å². The standard InChI is InChI=1S/C9H17NO5/c1-3-4-15-6-8(12)10-5-7(11)9(13)14-2/h7,11H,3-6H2,1-2H3,(H,10,12). The molecule has 0 fully saturated rings. The van der Waals surface area contributed by atoms with Crippen LogP contribution >= 0.6 is 0 Å². The van der Waals surface area contributed by atoms with Crippen molar-refractivity contribution in [3.63, 3.8) is 0 Å². The lowest BCUT2D eigenvalue weighted by atomic mass is 10.3. The van der Waals surface area contributed by atoms with Crippen molar-refractivity contribution < 1.29 is 24.2 Å². The van der Waals surface area contributed by atoms with E-state index < -0.39 is 12.1 Å². The van der Waals surface area contributed by atoms with Crippen LogP contribution in [0, 0.1) is 0 Å². The number of carbonyl (C=O) groups excluding carboxylic acids is 2. The van der Waals surface area contributed by atoms with E-state index in [0.29, 0.717) is 6.61 Å². The molecule has 0 aliphatic rings. The topological polar surface area (TPSA) is 84.9 Å². The zero-order valence-electron chi connectivity index (χ0n) is 8.99. The van der Waals surface area contributed by atoms with Gasteiger partial charge in [0.2, 0.25) is 5.91 Å². The lowest BCUT2D eigenvalue weighted by Crippen LogP contribution is -2.38. The van der Waals surface area contributed by atoms with Gasteiger partial charge in [0.15, 0.2) is 6.10 Å². The third-order valence-corrected chi connectivity index (χ3v) is 1.55. The number of aliphatic hydroxyl groups excluding tert-OH is 1. The third kappa shape index (κ3) is 6.87. The van der Waals surface area contributed by atoms with Gasteiger partial charge < -0.3 is 19.9 Å². The van der Waals surface area contributed by atoms with E-state index >= 15 is 0 Å². The molecule has 0 aliphatic heterocycles. The van der Waals surface area contributed by atoms with E-state index in [2.05, 4.69) is 10.1 Å². The molecule has 0 aromatic heterocycles. The highest BCUT2D eigenvalue weighted by molar-refractivity contribution is 5.79. The van der Waals surface area contributed by atoms with Gasteiger partial charge in [-0.2, -0.15) is 0 Å². The maximum absolute atomic E-state index is 11.0. The van der Waals surface area contributed by atoms with Gasteiger partial charge >= 0.3 is 5.97 Å². The molecule has 88 valence electrons. The summed E-state index contributed by atoms with van der Waals surface area (Å²) in [4.78, 5) is 21.8. The van der Waals surface area contributed by atoms with Crippen molar-refractivity contribution in [3.8, 4) is 0 Å². The summed E-state index contributed by atoms with van der Waals surface area (Å²) in [6.45, 7) is 2.20. The van der Waals surface area contributed by atoms with Gasteiger partial charge in [-0.1, -0.05) is 6.92 Å². The van der Waals surface area contributed by atoms with Gasteiger partial charge in [0.05, 0.1) is 13.7 Å². The number of amides is 1. The Morgan fingerprint density at radius 3 is 2.67 bits per heavy atom. The second-order valence-corrected chi connectivity index (χ2v) is 2.90. The van der Waals surface area contributed by atoms with Crippen LogP contribution in [-0.2, 0) is 19.1 Å². The Morgan fingerprint density at radius 2 is 2.13 bits per heavy atom. The molecule has 15 heavy (non-hydrogen) atoms. The minimum absolute atomic E-state index is 0.0677. The first-order chi connectivity index (χ1) is 7.11. The van der Waals surface area contributed by atoms with E-state index in [0.717, 1.165) is 13.5 Å². The summed E-state index contributed by atoms with van der Waals surface area (Å²) >= 11 is 0. The number of nitrogens with one attached hydrogen (secondary N) is 1. The summed E-state index contributed by atoms with van der Waals surface area (Å²) < 4.78 is 9.23. The highest BCUT2D eigenvalue weighted by Gasteiger charge is 2.15. The van der Waals surface area contributed by atoms with Crippen LogP contribution in [0.2, 0.25) is 0 Å². The van der Waals surface area contributed by atoms with Crippen molar-refractivity contribution in [2.75, 3.05) is 26.9 Å².